The zero-order chi connectivity index (χ0) is 10.4. The van der Waals surface area contributed by atoms with E-state index in [2.05, 4.69) is 29.1 Å². The van der Waals surface area contributed by atoms with E-state index >= 15 is 0 Å². The fourth-order valence-corrected chi connectivity index (χ4v) is 0.958. The highest BCUT2D eigenvalue weighted by atomic mass is 16.5. The fourth-order valence-electron chi connectivity index (χ4n) is 0.958. The van der Waals surface area contributed by atoms with Gasteiger partial charge in [-0.05, 0) is 5.92 Å². The first-order chi connectivity index (χ1) is 6.72. The molecule has 1 N–H and O–H groups in total. The second-order valence-corrected chi connectivity index (χ2v) is 3.55. The molecule has 1 aromatic rings. The molecular weight excluding hydrogens is 178 g/mol. The van der Waals surface area contributed by atoms with E-state index in [1.165, 1.54) is 0 Å². The lowest BCUT2D eigenvalue weighted by molar-refractivity contribution is 0.0946. The van der Waals surface area contributed by atoms with Gasteiger partial charge in [-0.25, -0.2) is 4.98 Å². The second kappa shape index (κ2) is 5.54. The van der Waals surface area contributed by atoms with Gasteiger partial charge in [-0.2, -0.15) is 0 Å². The monoisotopic (exact) mass is 195 g/mol. The lowest BCUT2D eigenvalue weighted by atomic mass is 10.2. The molecule has 0 spiro atoms. The quantitative estimate of drug-likeness (QED) is 0.776. The number of ether oxygens (including phenoxy) is 1. The van der Waals surface area contributed by atoms with Crippen LogP contribution in [-0.4, -0.2) is 23.6 Å². The van der Waals surface area contributed by atoms with E-state index in [1.807, 2.05) is 7.05 Å². The average Bonchev–Trinajstić information content (AvgIpc) is 2.18. The molecule has 0 aliphatic carbocycles. The predicted octanol–water partition coefficient (Wildman–Crippen LogP) is 1.69. The minimum Gasteiger partial charge on any atom is -0.375 e. The molecule has 14 heavy (non-hydrogen) atoms. The van der Waals surface area contributed by atoms with Crippen LogP contribution in [0.2, 0.25) is 0 Å². The zero-order valence-corrected chi connectivity index (χ0v) is 8.95. The van der Waals surface area contributed by atoms with Crippen molar-refractivity contribution in [1.82, 2.24) is 9.97 Å². The van der Waals surface area contributed by atoms with Gasteiger partial charge in [0.05, 0.1) is 24.7 Å². The number of anilines is 1. The van der Waals surface area contributed by atoms with Crippen LogP contribution in [0.3, 0.4) is 0 Å². The van der Waals surface area contributed by atoms with E-state index < -0.39 is 0 Å². The van der Waals surface area contributed by atoms with Gasteiger partial charge in [-0.15, -0.1) is 0 Å². The van der Waals surface area contributed by atoms with Gasteiger partial charge in [0.15, 0.2) is 0 Å². The summed E-state index contributed by atoms with van der Waals surface area (Å²) in [6.45, 7) is 5.54. The largest absolute Gasteiger partial charge is 0.375 e. The highest BCUT2D eigenvalue weighted by Crippen LogP contribution is 2.02. The normalized spacial score (nSPS) is 10.6. The van der Waals surface area contributed by atoms with Crippen LogP contribution in [0.25, 0.3) is 0 Å². The van der Waals surface area contributed by atoms with Gasteiger partial charge in [-0.1, -0.05) is 13.8 Å². The summed E-state index contributed by atoms with van der Waals surface area (Å²) in [6, 6.07) is 0. The molecule has 1 heterocycles. The Labute approximate surface area is 84.7 Å². The van der Waals surface area contributed by atoms with Crippen LogP contribution in [0.4, 0.5) is 5.82 Å². The Balaban J connectivity index is 2.36. The number of aromatic nitrogens is 2. The SMILES string of the molecule is CNc1cnc(COCC(C)C)cn1. The Morgan fingerprint density at radius 3 is 2.64 bits per heavy atom. The summed E-state index contributed by atoms with van der Waals surface area (Å²) in [4.78, 5) is 8.34. The molecule has 4 heteroatoms. The summed E-state index contributed by atoms with van der Waals surface area (Å²) in [6.07, 6.45) is 3.43. The molecule has 4 nitrogen and oxygen atoms in total. The van der Waals surface area contributed by atoms with Crippen LogP contribution in [0, 0.1) is 5.92 Å². The van der Waals surface area contributed by atoms with Crippen LogP contribution in [0.5, 0.6) is 0 Å². The van der Waals surface area contributed by atoms with E-state index in [9.17, 15) is 0 Å². The molecule has 1 rings (SSSR count). The maximum absolute atomic E-state index is 5.43. The Morgan fingerprint density at radius 1 is 1.36 bits per heavy atom. The van der Waals surface area contributed by atoms with E-state index in [0.29, 0.717) is 12.5 Å². The van der Waals surface area contributed by atoms with Crippen molar-refractivity contribution < 1.29 is 4.74 Å². The Hall–Kier alpha value is -1.16. The van der Waals surface area contributed by atoms with Crippen LogP contribution in [0.15, 0.2) is 12.4 Å². The van der Waals surface area contributed by atoms with Crippen molar-refractivity contribution in [3.05, 3.63) is 18.1 Å². The summed E-state index contributed by atoms with van der Waals surface area (Å²) >= 11 is 0. The van der Waals surface area contributed by atoms with Crippen LogP contribution >= 0.6 is 0 Å². The van der Waals surface area contributed by atoms with Crippen molar-refractivity contribution in [3.63, 3.8) is 0 Å². The Bertz CT molecular complexity index is 259. The molecular formula is C10H17N3O. The molecule has 0 fully saturated rings. The molecule has 0 bridgehead atoms. The molecule has 0 amide bonds. The summed E-state index contributed by atoms with van der Waals surface area (Å²) in [5, 5.41) is 2.91. The lowest BCUT2D eigenvalue weighted by Crippen LogP contribution is -2.04. The first-order valence-corrected chi connectivity index (χ1v) is 4.78. The summed E-state index contributed by atoms with van der Waals surface area (Å²) in [5.74, 6) is 1.33. The highest BCUT2D eigenvalue weighted by molar-refractivity contribution is 5.29. The van der Waals surface area contributed by atoms with Crippen molar-refractivity contribution in [1.29, 1.82) is 0 Å². The first-order valence-electron chi connectivity index (χ1n) is 4.78. The molecule has 0 aromatic carbocycles. The highest BCUT2D eigenvalue weighted by Gasteiger charge is 1.98. The van der Waals surface area contributed by atoms with Gasteiger partial charge in [0.2, 0.25) is 0 Å². The molecule has 0 atom stereocenters. The van der Waals surface area contributed by atoms with Gasteiger partial charge in [0, 0.05) is 13.7 Å². The molecule has 1 aromatic heterocycles. The average molecular weight is 195 g/mol. The van der Waals surface area contributed by atoms with Crippen molar-refractivity contribution in [2.75, 3.05) is 19.0 Å². The van der Waals surface area contributed by atoms with Gasteiger partial charge in [0.25, 0.3) is 0 Å². The number of hydrogen-bond acceptors (Lipinski definition) is 4. The molecule has 0 saturated carbocycles. The van der Waals surface area contributed by atoms with Gasteiger partial charge in [-0.3, -0.25) is 4.98 Å². The van der Waals surface area contributed by atoms with E-state index in [4.69, 9.17) is 4.74 Å². The minimum atomic E-state index is 0.537. The first kappa shape index (κ1) is 10.9. The number of nitrogens with one attached hydrogen (secondary N) is 1. The standard InChI is InChI=1S/C10H17N3O/c1-8(2)6-14-7-9-4-13-10(11-3)5-12-9/h4-5,8H,6-7H2,1-3H3,(H,11,13). The minimum absolute atomic E-state index is 0.537. The van der Waals surface area contributed by atoms with Crippen LogP contribution in [-0.2, 0) is 11.3 Å². The molecule has 0 saturated heterocycles. The fraction of sp³-hybridized carbons (Fsp3) is 0.600. The van der Waals surface area contributed by atoms with Crippen molar-refractivity contribution >= 4 is 5.82 Å². The molecule has 0 unspecified atom stereocenters. The topological polar surface area (TPSA) is 47.0 Å². The Kier molecular flexibility index (Phi) is 4.32. The number of hydrogen-bond donors (Lipinski definition) is 1. The third-order valence-electron chi connectivity index (χ3n) is 1.66. The van der Waals surface area contributed by atoms with Gasteiger partial charge >= 0.3 is 0 Å². The van der Waals surface area contributed by atoms with Crippen LogP contribution in [0.1, 0.15) is 19.5 Å². The third kappa shape index (κ3) is 3.70. The van der Waals surface area contributed by atoms with Crippen molar-refractivity contribution in [3.8, 4) is 0 Å². The third-order valence-corrected chi connectivity index (χ3v) is 1.66. The van der Waals surface area contributed by atoms with E-state index in [-0.39, 0.29) is 0 Å². The maximum atomic E-state index is 5.43. The number of rotatable bonds is 5. The molecule has 0 aliphatic heterocycles. The lowest BCUT2D eigenvalue weighted by Gasteiger charge is -2.06. The van der Waals surface area contributed by atoms with Crippen LogP contribution < -0.4 is 5.32 Å². The molecule has 78 valence electrons. The smallest absolute Gasteiger partial charge is 0.144 e. The zero-order valence-electron chi connectivity index (χ0n) is 8.95. The molecule has 0 radical (unpaired) electrons. The maximum Gasteiger partial charge on any atom is 0.144 e. The van der Waals surface area contributed by atoms with E-state index in [0.717, 1.165) is 18.1 Å². The molecule has 0 aliphatic rings. The predicted molar refractivity (Wildman–Crippen MR) is 56.1 cm³/mol. The van der Waals surface area contributed by atoms with Crippen molar-refractivity contribution in [2.45, 2.75) is 20.5 Å². The number of nitrogens with zero attached hydrogens (tertiary/aromatic N) is 2. The Morgan fingerprint density at radius 2 is 2.14 bits per heavy atom. The second-order valence-electron chi connectivity index (χ2n) is 3.55. The van der Waals surface area contributed by atoms with Gasteiger partial charge < -0.3 is 10.1 Å². The van der Waals surface area contributed by atoms with Crippen molar-refractivity contribution in [2.24, 2.45) is 5.92 Å². The van der Waals surface area contributed by atoms with Gasteiger partial charge in [0.1, 0.15) is 5.82 Å². The summed E-state index contributed by atoms with van der Waals surface area (Å²) < 4.78 is 5.43. The summed E-state index contributed by atoms with van der Waals surface area (Å²) in [7, 11) is 1.82. The van der Waals surface area contributed by atoms with E-state index in [1.54, 1.807) is 12.4 Å². The summed E-state index contributed by atoms with van der Waals surface area (Å²) in [5.41, 5.74) is 0.865.